The number of nitrogens with zero attached hydrogens (tertiary/aromatic N) is 2. The van der Waals surface area contributed by atoms with Crippen molar-refractivity contribution in [2.75, 3.05) is 25.0 Å². The Morgan fingerprint density at radius 1 is 0.907 bits per heavy atom. The van der Waals surface area contributed by atoms with E-state index < -0.39 is 30.3 Å². The molecule has 236 valence electrons. The van der Waals surface area contributed by atoms with Gasteiger partial charge in [0.1, 0.15) is 23.5 Å². The van der Waals surface area contributed by atoms with Gasteiger partial charge in [0.25, 0.3) is 0 Å². The first-order chi connectivity index (χ1) is 19.7. The molecule has 1 aliphatic heterocycles. The van der Waals surface area contributed by atoms with Crippen LogP contribution in [0.15, 0.2) is 48.5 Å². The summed E-state index contributed by atoms with van der Waals surface area (Å²) < 4.78 is 69.0. The number of carbonyl (C=O) groups excluding carboxylic acids is 1. The quantitative estimate of drug-likeness (QED) is 0.104. The highest BCUT2D eigenvalue weighted by Gasteiger charge is 2.38. The minimum Gasteiger partial charge on any atom is -0.475 e. The lowest BCUT2D eigenvalue weighted by molar-refractivity contribution is -0.193. The second kappa shape index (κ2) is 15.4. The van der Waals surface area contributed by atoms with Crippen molar-refractivity contribution < 1.29 is 55.7 Å². The fourth-order valence-electron chi connectivity index (χ4n) is 3.28. The van der Waals surface area contributed by atoms with Crippen LogP contribution in [0.25, 0.3) is 0 Å². The van der Waals surface area contributed by atoms with Gasteiger partial charge in [-0.05, 0) is 56.2 Å². The summed E-state index contributed by atoms with van der Waals surface area (Å²) in [6.45, 7) is 3.61. The maximum absolute atomic E-state index is 12.6. The molecule has 0 unspecified atom stereocenters. The molecule has 0 aliphatic carbocycles. The number of nitrogen functional groups attached to an aromatic ring is 1. The van der Waals surface area contributed by atoms with Crippen molar-refractivity contribution in [1.29, 1.82) is 10.8 Å². The van der Waals surface area contributed by atoms with Crippen LogP contribution in [0.5, 0.6) is 5.75 Å². The van der Waals surface area contributed by atoms with Gasteiger partial charge in [-0.2, -0.15) is 26.3 Å². The highest BCUT2D eigenvalue weighted by molar-refractivity contribution is 5.97. The van der Waals surface area contributed by atoms with E-state index >= 15 is 0 Å². The Morgan fingerprint density at radius 2 is 1.37 bits per heavy atom. The molecule has 1 aliphatic rings. The Hall–Kier alpha value is -4.83. The van der Waals surface area contributed by atoms with Crippen LogP contribution in [-0.4, -0.2) is 83.2 Å². The number of rotatable bonds is 6. The Kier molecular flexibility index (Phi) is 13.0. The average Bonchev–Trinajstić information content (AvgIpc) is 3.47. The molecule has 0 bridgehead atoms. The van der Waals surface area contributed by atoms with E-state index in [-0.39, 0.29) is 11.8 Å². The number of nitrogens with two attached hydrogens (primary N) is 1. The number of carboxylic acids is 2. The Labute approximate surface area is 241 Å². The lowest BCUT2D eigenvalue weighted by Gasteiger charge is -2.25. The maximum atomic E-state index is 12.6. The van der Waals surface area contributed by atoms with Gasteiger partial charge < -0.3 is 30.5 Å². The van der Waals surface area contributed by atoms with Crippen LogP contribution in [0.1, 0.15) is 30.9 Å². The van der Waals surface area contributed by atoms with Gasteiger partial charge in [-0.3, -0.25) is 10.8 Å². The van der Waals surface area contributed by atoms with E-state index in [4.69, 9.17) is 41.1 Å². The average molecular weight is 622 g/mol. The van der Waals surface area contributed by atoms with E-state index in [1.54, 1.807) is 49.2 Å². The fraction of sp³-hybridized carbons (Fsp3) is 0.346. The summed E-state index contributed by atoms with van der Waals surface area (Å²) in [7, 11) is 1.80. The summed E-state index contributed by atoms with van der Waals surface area (Å²) in [4.78, 5) is 34.2. The number of nitrogens with one attached hydrogen (secondary N) is 2. The number of carbonyl (C=O) groups is 3. The number of halogens is 6. The smallest absolute Gasteiger partial charge is 0.475 e. The van der Waals surface area contributed by atoms with Crippen LogP contribution >= 0.6 is 0 Å². The van der Waals surface area contributed by atoms with Gasteiger partial charge in [-0.1, -0.05) is 12.1 Å². The lowest BCUT2D eigenvalue weighted by atomic mass is 10.1. The van der Waals surface area contributed by atoms with E-state index in [2.05, 4.69) is 4.90 Å². The largest absolute Gasteiger partial charge is 0.490 e. The topological polar surface area (TPSA) is 181 Å². The number of carboxylic acid groups (broad SMARTS) is 2. The molecule has 1 fully saturated rings. The third kappa shape index (κ3) is 11.9. The zero-order valence-electron chi connectivity index (χ0n) is 22.8. The molecule has 0 radical (unpaired) electrons. The van der Waals surface area contributed by atoms with Crippen molar-refractivity contribution in [3.05, 3.63) is 59.7 Å². The molecule has 1 atom stereocenters. The number of benzene rings is 2. The number of aliphatic carboxylic acids is 2. The van der Waals surface area contributed by atoms with Crippen LogP contribution in [0.2, 0.25) is 0 Å². The molecule has 0 aromatic heterocycles. The predicted molar refractivity (Wildman–Crippen MR) is 142 cm³/mol. The number of ether oxygens (including phenoxy) is 1. The summed E-state index contributed by atoms with van der Waals surface area (Å²) in [6.07, 6.45) is -7.92. The van der Waals surface area contributed by atoms with Gasteiger partial charge in [0.2, 0.25) is 0 Å². The number of esters is 1. The minimum absolute atomic E-state index is 0.0185. The number of anilines is 1. The number of likely N-dealkylation sites (tertiary alicyclic amines) is 1. The first kappa shape index (κ1) is 36.2. The number of likely N-dealkylation sites (N-methyl/N-ethyl adjacent to an activating group) is 1. The summed E-state index contributed by atoms with van der Waals surface area (Å²) >= 11 is 0. The number of hydrogen-bond donors (Lipinski definition) is 5. The Bertz CT molecular complexity index is 1270. The van der Waals surface area contributed by atoms with E-state index in [0.29, 0.717) is 17.1 Å². The molecule has 2 aromatic carbocycles. The van der Waals surface area contributed by atoms with E-state index in [1.807, 2.05) is 18.2 Å². The van der Waals surface area contributed by atoms with Gasteiger partial charge in [0.05, 0.1) is 0 Å². The van der Waals surface area contributed by atoms with Crippen molar-refractivity contribution >= 4 is 35.3 Å². The van der Waals surface area contributed by atoms with Crippen LogP contribution < -0.4 is 15.4 Å². The van der Waals surface area contributed by atoms with Crippen molar-refractivity contribution in [3.8, 4) is 5.75 Å². The summed E-state index contributed by atoms with van der Waals surface area (Å²) in [5.74, 6) is -4.96. The molecule has 0 spiro atoms. The molecule has 6 N–H and O–H groups in total. The van der Waals surface area contributed by atoms with Crippen LogP contribution in [-0.2, 0) is 14.4 Å². The normalized spacial score (nSPS) is 13.3. The Balaban J connectivity index is 0.000000548. The van der Waals surface area contributed by atoms with E-state index in [9.17, 15) is 31.1 Å². The predicted octanol–water partition coefficient (Wildman–Crippen LogP) is 4.09. The standard InChI is InChI=1S/C22H27N5O2.2C2HF3O2/c1-15(26(2)18-7-5-6-17(14-18)20(23)24)22(28)29-19-10-8-16(9-11-19)21(25)27-12-3-4-13-27;2*3-2(4,5)1(6)7/h5-11,14-15,25H,3-4,12-13H2,1-2H3,(H3,23,24);2*(H,6,7)/t15-;;/m1../s1. The highest BCUT2D eigenvalue weighted by Crippen LogP contribution is 2.20. The summed E-state index contributed by atoms with van der Waals surface area (Å²) in [5.41, 5.74) is 7.74. The monoisotopic (exact) mass is 621 g/mol. The third-order valence-corrected chi connectivity index (χ3v) is 5.74. The van der Waals surface area contributed by atoms with Crippen LogP contribution in [0, 0.1) is 10.8 Å². The van der Waals surface area contributed by atoms with Crippen molar-refractivity contribution in [3.63, 3.8) is 0 Å². The van der Waals surface area contributed by atoms with Gasteiger partial charge in [-0.25, -0.2) is 14.4 Å². The summed E-state index contributed by atoms with van der Waals surface area (Å²) in [6, 6.07) is 13.7. The molecule has 2 aromatic rings. The first-order valence-corrected chi connectivity index (χ1v) is 12.2. The van der Waals surface area contributed by atoms with E-state index in [0.717, 1.165) is 37.2 Å². The molecule has 0 amide bonds. The molecular formula is C26H29F6N5O6. The van der Waals surface area contributed by atoms with Crippen LogP contribution in [0.4, 0.5) is 32.0 Å². The second-order valence-electron chi connectivity index (χ2n) is 8.84. The molecule has 0 saturated carbocycles. The molecule has 17 heteroatoms. The van der Waals surface area contributed by atoms with Crippen molar-refractivity contribution in [2.24, 2.45) is 5.73 Å². The second-order valence-corrected chi connectivity index (χ2v) is 8.84. The van der Waals surface area contributed by atoms with Gasteiger partial charge in [0.15, 0.2) is 0 Å². The number of alkyl halides is 6. The molecule has 1 heterocycles. The zero-order valence-corrected chi connectivity index (χ0v) is 22.8. The summed E-state index contributed by atoms with van der Waals surface area (Å²) in [5, 5.41) is 30.1. The third-order valence-electron chi connectivity index (χ3n) is 5.74. The lowest BCUT2D eigenvalue weighted by Crippen LogP contribution is -2.38. The molecule has 43 heavy (non-hydrogen) atoms. The van der Waals surface area contributed by atoms with Gasteiger partial charge >= 0.3 is 30.3 Å². The van der Waals surface area contributed by atoms with Crippen molar-refractivity contribution in [1.82, 2.24) is 4.90 Å². The van der Waals surface area contributed by atoms with Gasteiger partial charge in [-0.15, -0.1) is 0 Å². The molecule has 11 nitrogen and oxygen atoms in total. The van der Waals surface area contributed by atoms with Crippen LogP contribution in [0.3, 0.4) is 0 Å². The fourth-order valence-corrected chi connectivity index (χ4v) is 3.28. The number of hydrogen-bond acceptors (Lipinski definition) is 7. The van der Waals surface area contributed by atoms with E-state index in [1.165, 1.54) is 0 Å². The minimum atomic E-state index is -5.08. The van der Waals surface area contributed by atoms with Crippen molar-refractivity contribution in [2.45, 2.75) is 38.2 Å². The number of amidine groups is 2. The molecular weight excluding hydrogens is 592 g/mol. The highest BCUT2D eigenvalue weighted by atomic mass is 19.4. The Morgan fingerprint density at radius 3 is 1.79 bits per heavy atom. The molecule has 1 saturated heterocycles. The zero-order chi connectivity index (χ0) is 33.1. The first-order valence-electron chi connectivity index (χ1n) is 12.2. The SMILES string of the molecule is C[C@H](C(=O)Oc1ccc(C(=N)N2CCCC2)cc1)N(C)c1cccc(C(=N)N)c1.O=C(O)C(F)(F)F.O=C(O)C(F)(F)F. The van der Waals surface area contributed by atoms with Gasteiger partial charge in [0, 0.05) is 37.0 Å². The molecule has 3 rings (SSSR count). The maximum Gasteiger partial charge on any atom is 0.490 e.